The van der Waals surface area contributed by atoms with Crippen LogP contribution in [0.4, 0.5) is 5.69 Å². The number of Topliss-reactive ketones (excluding diaryl/α,β-unsaturated/α-hetero) is 1. The van der Waals surface area contributed by atoms with Gasteiger partial charge in [-0.3, -0.25) is 9.59 Å². The number of fused-ring (bicyclic) bond motifs is 1. The zero-order valence-electron chi connectivity index (χ0n) is 9.97. The SMILES string of the molecule is O=C1C(=O)N(Cc2ccccc2)c2ccc(I)cc21. The number of anilines is 1. The van der Waals surface area contributed by atoms with Crippen molar-refractivity contribution in [2.45, 2.75) is 6.54 Å². The maximum absolute atomic E-state index is 12.1. The first-order chi connectivity index (χ1) is 9.16. The summed E-state index contributed by atoms with van der Waals surface area (Å²) in [5, 5.41) is 0. The van der Waals surface area contributed by atoms with E-state index >= 15 is 0 Å². The highest BCUT2D eigenvalue weighted by Gasteiger charge is 2.35. The fourth-order valence-corrected chi connectivity index (χ4v) is 2.69. The number of rotatable bonds is 2. The highest BCUT2D eigenvalue weighted by molar-refractivity contribution is 14.1. The van der Waals surface area contributed by atoms with E-state index in [4.69, 9.17) is 0 Å². The number of nitrogens with zero attached hydrogens (tertiary/aromatic N) is 1. The van der Waals surface area contributed by atoms with Crippen LogP contribution in [0.2, 0.25) is 0 Å². The summed E-state index contributed by atoms with van der Waals surface area (Å²) in [6.45, 7) is 0.430. The Bertz CT molecular complexity index is 667. The number of benzene rings is 2. The van der Waals surface area contributed by atoms with E-state index < -0.39 is 11.7 Å². The summed E-state index contributed by atoms with van der Waals surface area (Å²) in [6.07, 6.45) is 0. The molecule has 0 aliphatic carbocycles. The molecule has 0 saturated carbocycles. The second kappa shape index (κ2) is 4.77. The molecular formula is C15H10INO2. The Balaban J connectivity index is 2.00. The van der Waals surface area contributed by atoms with E-state index in [1.54, 1.807) is 11.0 Å². The predicted octanol–water partition coefficient (Wildman–Crippen LogP) is 3.02. The van der Waals surface area contributed by atoms with E-state index in [0.29, 0.717) is 17.8 Å². The summed E-state index contributed by atoms with van der Waals surface area (Å²) in [7, 11) is 0. The number of carbonyl (C=O) groups is 2. The fourth-order valence-electron chi connectivity index (χ4n) is 2.20. The van der Waals surface area contributed by atoms with Crippen LogP contribution in [0.5, 0.6) is 0 Å². The smallest absolute Gasteiger partial charge is 0.299 e. The van der Waals surface area contributed by atoms with E-state index in [1.165, 1.54) is 0 Å². The van der Waals surface area contributed by atoms with Crippen LogP contribution in [0.1, 0.15) is 15.9 Å². The third kappa shape index (κ3) is 2.16. The molecule has 1 amide bonds. The summed E-state index contributed by atoms with van der Waals surface area (Å²) >= 11 is 2.14. The summed E-state index contributed by atoms with van der Waals surface area (Å²) < 4.78 is 0.957. The molecule has 0 spiro atoms. The fraction of sp³-hybridized carbons (Fsp3) is 0.0667. The van der Waals surface area contributed by atoms with Crippen LogP contribution >= 0.6 is 22.6 Å². The van der Waals surface area contributed by atoms with Crippen LogP contribution in [0.3, 0.4) is 0 Å². The molecule has 3 nitrogen and oxygen atoms in total. The Kier molecular flexibility index (Phi) is 3.10. The van der Waals surface area contributed by atoms with Crippen molar-refractivity contribution in [1.29, 1.82) is 0 Å². The van der Waals surface area contributed by atoms with E-state index in [9.17, 15) is 9.59 Å². The topological polar surface area (TPSA) is 37.4 Å². The minimum absolute atomic E-state index is 0.413. The molecule has 0 atom stereocenters. The van der Waals surface area contributed by atoms with Gasteiger partial charge in [0, 0.05) is 3.57 Å². The molecule has 0 aromatic heterocycles. The van der Waals surface area contributed by atoms with Gasteiger partial charge in [0.2, 0.25) is 0 Å². The maximum atomic E-state index is 12.1. The van der Waals surface area contributed by atoms with Gasteiger partial charge in [-0.15, -0.1) is 0 Å². The van der Waals surface area contributed by atoms with Crippen LogP contribution in [-0.2, 0) is 11.3 Å². The van der Waals surface area contributed by atoms with Gasteiger partial charge in [-0.1, -0.05) is 30.3 Å². The largest absolute Gasteiger partial charge is 0.300 e. The van der Waals surface area contributed by atoms with E-state index in [0.717, 1.165) is 9.13 Å². The van der Waals surface area contributed by atoms with Crippen LogP contribution in [0.15, 0.2) is 48.5 Å². The molecule has 19 heavy (non-hydrogen) atoms. The molecule has 1 aliphatic rings. The molecule has 0 unspecified atom stereocenters. The third-order valence-electron chi connectivity index (χ3n) is 3.12. The molecule has 1 aliphatic heterocycles. The molecule has 0 N–H and O–H groups in total. The van der Waals surface area contributed by atoms with E-state index in [1.807, 2.05) is 42.5 Å². The van der Waals surface area contributed by atoms with Gasteiger partial charge >= 0.3 is 0 Å². The standard InChI is InChI=1S/C15H10INO2/c16-11-6-7-13-12(8-11)14(18)15(19)17(13)9-10-4-2-1-3-5-10/h1-8H,9H2. The molecule has 0 radical (unpaired) electrons. The minimum atomic E-state index is -0.444. The molecule has 3 rings (SSSR count). The van der Waals surface area contributed by atoms with Gasteiger partial charge in [0.25, 0.3) is 11.7 Å². The summed E-state index contributed by atoms with van der Waals surface area (Å²) in [6, 6.07) is 15.2. The lowest BCUT2D eigenvalue weighted by Crippen LogP contribution is -2.29. The number of hydrogen-bond donors (Lipinski definition) is 0. The van der Waals surface area contributed by atoms with Gasteiger partial charge in [-0.2, -0.15) is 0 Å². The zero-order chi connectivity index (χ0) is 13.4. The average Bonchev–Trinajstić information content (AvgIpc) is 2.65. The van der Waals surface area contributed by atoms with Crippen molar-refractivity contribution < 1.29 is 9.59 Å². The highest BCUT2D eigenvalue weighted by Crippen LogP contribution is 2.31. The lowest BCUT2D eigenvalue weighted by atomic mass is 10.1. The van der Waals surface area contributed by atoms with Gasteiger partial charge in [-0.25, -0.2) is 0 Å². The van der Waals surface area contributed by atoms with Gasteiger partial charge in [-0.05, 0) is 46.4 Å². The molecule has 0 bridgehead atoms. The van der Waals surface area contributed by atoms with Crippen molar-refractivity contribution in [3.8, 4) is 0 Å². The van der Waals surface area contributed by atoms with E-state index in [-0.39, 0.29) is 0 Å². The van der Waals surface area contributed by atoms with E-state index in [2.05, 4.69) is 22.6 Å². The average molecular weight is 363 g/mol. The Morgan fingerprint density at radius 2 is 1.74 bits per heavy atom. The van der Waals surface area contributed by atoms with Crippen molar-refractivity contribution in [1.82, 2.24) is 0 Å². The number of carbonyl (C=O) groups excluding carboxylic acids is 2. The second-order valence-corrected chi connectivity index (χ2v) is 5.61. The number of hydrogen-bond acceptors (Lipinski definition) is 2. The van der Waals surface area contributed by atoms with Crippen LogP contribution in [-0.4, -0.2) is 11.7 Å². The maximum Gasteiger partial charge on any atom is 0.299 e. The molecule has 4 heteroatoms. The van der Waals surface area contributed by atoms with Gasteiger partial charge in [0.1, 0.15) is 0 Å². The van der Waals surface area contributed by atoms with Crippen LogP contribution in [0, 0.1) is 3.57 Å². The summed E-state index contributed by atoms with van der Waals surface area (Å²) in [5.74, 6) is -0.856. The number of amides is 1. The molecule has 94 valence electrons. The van der Waals surface area contributed by atoms with Crippen molar-refractivity contribution >= 4 is 40.0 Å². The van der Waals surface area contributed by atoms with Gasteiger partial charge < -0.3 is 4.90 Å². The van der Waals surface area contributed by atoms with Crippen LogP contribution < -0.4 is 4.90 Å². The molecular weight excluding hydrogens is 353 g/mol. The van der Waals surface area contributed by atoms with Gasteiger partial charge in [0.15, 0.2) is 0 Å². The first kappa shape index (κ1) is 12.3. The van der Waals surface area contributed by atoms with Crippen molar-refractivity contribution in [3.63, 3.8) is 0 Å². The number of ketones is 1. The normalized spacial score (nSPS) is 13.8. The number of halogens is 1. The quantitative estimate of drug-likeness (QED) is 0.608. The molecule has 0 fully saturated rings. The monoisotopic (exact) mass is 363 g/mol. The zero-order valence-corrected chi connectivity index (χ0v) is 12.1. The Hall–Kier alpha value is -1.69. The van der Waals surface area contributed by atoms with Gasteiger partial charge in [0.05, 0.1) is 17.8 Å². The summed E-state index contributed by atoms with van der Waals surface area (Å²) in [4.78, 5) is 25.6. The lowest BCUT2D eigenvalue weighted by Gasteiger charge is -2.16. The molecule has 2 aromatic rings. The second-order valence-electron chi connectivity index (χ2n) is 4.37. The molecule has 0 saturated heterocycles. The van der Waals surface area contributed by atoms with Crippen molar-refractivity contribution in [3.05, 3.63) is 63.2 Å². The van der Waals surface area contributed by atoms with Crippen LogP contribution in [0.25, 0.3) is 0 Å². The van der Waals surface area contributed by atoms with Crippen molar-refractivity contribution in [2.75, 3.05) is 4.90 Å². The first-order valence-electron chi connectivity index (χ1n) is 5.86. The lowest BCUT2D eigenvalue weighted by molar-refractivity contribution is -0.114. The van der Waals surface area contributed by atoms with Crippen molar-refractivity contribution in [2.24, 2.45) is 0 Å². The third-order valence-corrected chi connectivity index (χ3v) is 3.79. The Morgan fingerprint density at radius 1 is 1.00 bits per heavy atom. The minimum Gasteiger partial charge on any atom is -0.300 e. The molecule has 1 heterocycles. The highest BCUT2D eigenvalue weighted by atomic mass is 127. The molecule has 2 aromatic carbocycles. The summed E-state index contributed by atoms with van der Waals surface area (Å²) in [5.41, 5.74) is 2.22. The first-order valence-corrected chi connectivity index (χ1v) is 6.94. The Labute approximate surface area is 124 Å². The predicted molar refractivity (Wildman–Crippen MR) is 81.1 cm³/mol. The Morgan fingerprint density at radius 3 is 2.47 bits per heavy atom.